The highest BCUT2D eigenvalue weighted by atomic mass is 14.6. The number of hydrogen-bond acceptors (Lipinski definition) is 1. The SMILES string of the molecule is C1=C\c2cnccc2CCCc2ccccc2/1. The third kappa shape index (κ3) is 2.14. The van der Waals surface area contributed by atoms with Crippen molar-refractivity contribution in [3.05, 3.63) is 65.0 Å². The number of nitrogens with zero attached hydrogens (tertiary/aromatic N) is 1. The zero-order valence-electron chi connectivity index (χ0n) is 9.76. The fourth-order valence-corrected chi connectivity index (χ4v) is 2.39. The quantitative estimate of drug-likeness (QED) is 0.660. The first-order chi connectivity index (χ1) is 8.43. The number of hydrogen-bond donors (Lipinski definition) is 0. The lowest BCUT2D eigenvalue weighted by molar-refractivity contribution is 0.818. The van der Waals surface area contributed by atoms with E-state index in [1.165, 1.54) is 28.7 Å². The van der Waals surface area contributed by atoms with Crippen LogP contribution in [-0.2, 0) is 12.8 Å². The third-order valence-electron chi connectivity index (χ3n) is 3.34. The summed E-state index contributed by atoms with van der Waals surface area (Å²) in [4.78, 5) is 4.21. The highest BCUT2D eigenvalue weighted by molar-refractivity contribution is 5.72. The molecule has 0 atom stereocenters. The van der Waals surface area contributed by atoms with E-state index in [9.17, 15) is 0 Å². The van der Waals surface area contributed by atoms with Crippen LogP contribution >= 0.6 is 0 Å². The van der Waals surface area contributed by atoms with E-state index in [1.54, 1.807) is 0 Å². The molecule has 1 nitrogen and oxygen atoms in total. The predicted molar refractivity (Wildman–Crippen MR) is 71.6 cm³/mol. The summed E-state index contributed by atoms with van der Waals surface area (Å²) in [5, 5.41) is 0. The van der Waals surface area contributed by atoms with Crippen LogP contribution in [0.15, 0.2) is 42.7 Å². The Morgan fingerprint density at radius 2 is 1.59 bits per heavy atom. The zero-order chi connectivity index (χ0) is 11.5. The van der Waals surface area contributed by atoms with Gasteiger partial charge >= 0.3 is 0 Å². The normalized spacial score (nSPS) is 16.0. The number of benzene rings is 1. The van der Waals surface area contributed by atoms with E-state index in [2.05, 4.69) is 47.5 Å². The van der Waals surface area contributed by atoms with Gasteiger partial charge in [0, 0.05) is 12.4 Å². The molecular weight excluding hydrogens is 206 g/mol. The maximum absolute atomic E-state index is 4.21. The Kier molecular flexibility index (Phi) is 2.74. The lowest BCUT2D eigenvalue weighted by Gasteiger charge is -2.04. The first-order valence-corrected chi connectivity index (χ1v) is 6.12. The van der Waals surface area contributed by atoms with Gasteiger partial charge in [0.15, 0.2) is 0 Å². The zero-order valence-corrected chi connectivity index (χ0v) is 9.76. The van der Waals surface area contributed by atoms with Crippen molar-refractivity contribution in [3.8, 4) is 0 Å². The van der Waals surface area contributed by atoms with E-state index < -0.39 is 0 Å². The Morgan fingerprint density at radius 1 is 0.824 bits per heavy atom. The minimum absolute atomic E-state index is 1.14. The van der Waals surface area contributed by atoms with E-state index in [4.69, 9.17) is 0 Å². The second-order valence-corrected chi connectivity index (χ2v) is 4.46. The average molecular weight is 221 g/mol. The molecule has 1 heterocycles. The van der Waals surface area contributed by atoms with E-state index >= 15 is 0 Å². The molecular formula is C16H15N. The molecule has 0 saturated heterocycles. The van der Waals surface area contributed by atoms with Crippen LogP contribution in [-0.4, -0.2) is 4.98 Å². The van der Waals surface area contributed by atoms with Gasteiger partial charge < -0.3 is 0 Å². The summed E-state index contributed by atoms with van der Waals surface area (Å²) < 4.78 is 0. The van der Waals surface area contributed by atoms with Gasteiger partial charge in [0.25, 0.3) is 0 Å². The van der Waals surface area contributed by atoms with Crippen molar-refractivity contribution in [2.75, 3.05) is 0 Å². The van der Waals surface area contributed by atoms with Crippen molar-refractivity contribution in [2.45, 2.75) is 19.3 Å². The van der Waals surface area contributed by atoms with Gasteiger partial charge in [-0.1, -0.05) is 36.4 Å². The van der Waals surface area contributed by atoms with Crippen LogP contribution in [0.4, 0.5) is 0 Å². The Balaban J connectivity index is 2.06. The fraction of sp³-hybridized carbons (Fsp3) is 0.188. The van der Waals surface area contributed by atoms with Gasteiger partial charge in [0.05, 0.1) is 0 Å². The molecule has 0 fully saturated rings. The molecule has 1 aromatic carbocycles. The molecule has 0 radical (unpaired) electrons. The van der Waals surface area contributed by atoms with Crippen molar-refractivity contribution in [2.24, 2.45) is 0 Å². The second-order valence-electron chi connectivity index (χ2n) is 4.46. The molecule has 1 aromatic heterocycles. The van der Waals surface area contributed by atoms with Crippen LogP contribution in [0.25, 0.3) is 12.2 Å². The summed E-state index contributed by atoms with van der Waals surface area (Å²) in [6.07, 6.45) is 11.7. The molecule has 0 unspecified atom stereocenters. The largest absolute Gasteiger partial charge is 0.264 e. The van der Waals surface area contributed by atoms with E-state index in [0.29, 0.717) is 0 Å². The summed E-state index contributed by atoms with van der Waals surface area (Å²) in [5.74, 6) is 0. The molecule has 0 saturated carbocycles. The van der Waals surface area contributed by atoms with Crippen molar-refractivity contribution in [1.29, 1.82) is 0 Å². The molecule has 0 bridgehead atoms. The molecule has 1 aliphatic rings. The number of aryl methyl sites for hydroxylation is 2. The summed E-state index contributed by atoms with van der Waals surface area (Å²) in [6, 6.07) is 10.8. The Bertz CT molecular complexity index is 505. The van der Waals surface area contributed by atoms with Crippen molar-refractivity contribution in [1.82, 2.24) is 4.98 Å². The molecule has 1 heteroatoms. The second kappa shape index (κ2) is 4.54. The summed E-state index contributed by atoms with van der Waals surface area (Å²) in [6.45, 7) is 0. The minimum Gasteiger partial charge on any atom is -0.264 e. The lowest BCUT2D eigenvalue weighted by atomic mass is 10.0. The fourth-order valence-electron chi connectivity index (χ4n) is 2.39. The molecule has 84 valence electrons. The topological polar surface area (TPSA) is 12.9 Å². The van der Waals surface area contributed by atoms with Crippen LogP contribution in [0.5, 0.6) is 0 Å². The minimum atomic E-state index is 1.14. The number of pyridine rings is 1. The molecule has 1 aliphatic carbocycles. The number of fused-ring (bicyclic) bond motifs is 2. The summed E-state index contributed by atoms with van der Waals surface area (Å²) in [7, 11) is 0. The van der Waals surface area contributed by atoms with Crippen molar-refractivity contribution >= 4 is 12.2 Å². The molecule has 0 spiro atoms. The van der Waals surface area contributed by atoms with Gasteiger partial charge in [0.1, 0.15) is 0 Å². The predicted octanol–water partition coefficient (Wildman–Crippen LogP) is 3.74. The molecule has 2 aromatic rings. The van der Waals surface area contributed by atoms with Gasteiger partial charge in [-0.05, 0) is 47.6 Å². The molecule has 0 amide bonds. The molecule has 0 N–H and O–H groups in total. The smallest absolute Gasteiger partial charge is 0.0343 e. The van der Waals surface area contributed by atoms with Crippen LogP contribution in [0.1, 0.15) is 28.7 Å². The van der Waals surface area contributed by atoms with Gasteiger partial charge in [-0.25, -0.2) is 0 Å². The van der Waals surface area contributed by atoms with Gasteiger partial charge in [-0.3, -0.25) is 4.98 Å². The van der Waals surface area contributed by atoms with Crippen LogP contribution in [0, 0.1) is 0 Å². The van der Waals surface area contributed by atoms with Gasteiger partial charge in [-0.15, -0.1) is 0 Å². The highest BCUT2D eigenvalue weighted by Crippen LogP contribution is 2.20. The Labute approximate surface area is 102 Å². The van der Waals surface area contributed by atoms with Crippen molar-refractivity contribution < 1.29 is 0 Å². The summed E-state index contributed by atoms with van der Waals surface area (Å²) >= 11 is 0. The summed E-state index contributed by atoms with van der Waals surface area (Å²) in [5.41, 5.74) is 5.45. The van der Waals surface area contributed by atoms with E-state index in [-0.39, 0.29) is 0 Å². The van der Waals surface area contributed by atoms with Gasteiger partial charge in [0.2, 0.25) is 0 Å². The van der Waals surface area contributed by atoms with E-state index in [0.717, 1.165) is 12.8 Å². The maximum atomic E-state index is 4.21. The molecule has 17 heavy (non-hydrogen) atoms. The standard InChI is InChI=1S/C16H15N/c1-2-5-14-8-9-16-12-17-11-10-15(16)7-3-6-13(14)4-1/h1-2,4-5,8-12H,3,6-7H2/b9-8-. The monoisotopic (exact) mass is 221 g/mol. The van der Waals surface area contributed by atoms with Crippen molar-refractivity contribution in [3.63, 3.8) is 0 Å². The third-order valence-corrected chi connectivity index (χ3v) is 3.34. The maximum Gasteiger partial charge on any atom is 0.0343 e. The lowest BCUT2D eigenvalue weighted by Crippen LogP contribution is -1.93. The Morgan fingerprint density at radius 3 is 2.53 bits per heavy atom. The van der Waals surface area contributed by atoms with Gasteiger partial charge in [-0.2, -0.15) is 0 Å². The number of rotatable bonds is 0. The highest BCUT2D eigenvalue weighted by Gasteiger charge is 2.05. The van der Waals surface area contributed by atoms with Crippen LogP contribution in [0.2, 0.25) is 0 Å². The first kappa shape index (κ1) is 10.3. The van der Waals surface area contributed by atoms with Crippen LogP contribution in [0.3, 0.4) is 0 Å². The molecule has 3 rings (SSSR count). The molecule has 0 aliphatic heterocycles. The van der Waals surface area contributed by atoms with Crippen LogP contribution < -0.4 is 0 Å². The average Bonchev–Trinajstić information content (AvgIpc) is 2.47. The van der Waals surface area contributed by atoms with E-state index in [1.807, 2.05) is 12.4 Å². The number of aromatic nitrogens is 1. The first-order valence-electron chi connectivity index (χ1n) is 6.12. The Hall–Kier alpha value is -1.89.